The fourth-order valence-electron chi connectivity index (χ4n) is 4.84. The molecule has 2 aromatic heterocycles. The van der Waals surface area contributed by atoms with Gasteiger partial charge in [-0.1, -0.05) is 18.2 Å². The Kier molecular flexibility index (Phi) is 4.50. The predicted octanol–water partition coefficient (Wildman–Crippen LogP) is 4.94. The molecule has 164 valence electrons. The first-order valence-corrected chi connectivity index (χ1v) is 11.0. The zero-order valence-corrected chi connectivity index (χ0v) is 17.8. The number of hydrogen-bond acceptors (Lipinski definition) is 5. The van der Waals surface area contributed by atoms with Gasteiger partial charge >= 0.3 is 5.97 Å². The van der Waals surface area contributed by atoms with Crippen LogP contribution in [0, 0.1) is 5.82 Å². The number of pyridine rings is 1. The third kappa shape index (κ3) is 3.28. The molecule has 1 N–H and O–H groups in total. The van der Waals surface area contributed by atoms with Gasteiger partial charge in [0.1, 0.15) is 11.4 Å². The minimum absolute atomic E-state index is 0.241. The maximum atomic E-state index is 13.5. The fraction of sp³-hybridized carbons (Fsp3) is 0.192. The number of ether oxygens (including phenoxy) is 1. The van der Waals surface area contributed by atoms with E-state index in [9.17, 15) is 9.18 Å². The molecule has 2 aliphatic rings. The van der Waals surface area contributed by atoms with E-state index >= 15 is 0 Å². The lowest BCUT2D eigenvalue weighted by atomic mass is 9.84. The van der Waals surface area contributed by atoms with Crippen LogP contribution in [0.25, 0.3) is 22.5 Å². The van der Waals surface area contributed by atoms with Crippen LogP contribution in [0.1, 0.15) is 28.8 Å². The Labute approximate surface area is 190 Å². The molecule has 6 rings (SSSR count). The number of esters is 1. The first-order chi connectivity index (χ1) is 16.1. The van der Waals surface area contributed by atoms with Crippen molar-refractivity contribution in [2.45, 2.75) is 18.4 Å². The summed E-state index contributed by atoms with van der Waals surface area (Å²) in [6, 6.07) is 17.8. The number of imidazole rings is 1. The van der Waals surface area contributed by atoms with Crippen LogP contribution in [-0.4, -0.2) is 34.0 Å². The predicted molar refractivity (Wildman–Crippen MR) is 122 cm³/mol. The van der Waals surface area contributed by atoms with Crippen LogP contribution in [0.3, 0.4) is 0 Å². The largest absolute Gasteiger partial charge is 0.450 e. The van der Waals surface area contributed by atoms with E-state index in [-0.39, 0.29) is 11.8 Å². The molecule has 6 nitrogen and oxygen atoms in total. The molecule has 1 spiro atoms. The van der Waals surface area contributed by atoms with Gasteiger partial charge in [0.05, 0.1) is 17.0 Å². The molecule has 0 unspecified atom stereocenters. The minimum atomic E-state index is -0.567. The van der Waals surface area contributed by atoms with Gasteiger partial charge in [-0.15, -0.1) is 0 Å². The molecule has 0 atom stereocenters. The standard InChI is InChI=1S/C26H21FN4O2/c27-19-9-7-17(8-10-19)22-23(18-4-3-13-28-16-18)30-25(29-22)31-14-11-26(12-15-31)21-6-2-1-5-20(21)24(32)33-26/h1-10,13,16H,11-12,14-15H2,(H,29,30). The van der Waals surface area contributed by atoms with E-state index in [1.807, 2.05) is 36.4 Å². The van der Waals surface area contributed by atoms with Crippen molar-refractivity contribution in [3.8, 4) is 22.5 Å². The van der Waals surface area contributed by atoms with Crippen molar-refractivity contribution in [2.24, 2.45) is 0 Å². The average Bonchev–Trinajstić information content (AvgIpc) is 3.41. The van der Waals surface area contributed by atoms with Gasteiger partial charge in [-0.05, 0) is 42.5 Å². The Morgan fingerprint density at radius 2 is 1.76 bits per heavy atom. The number of hydrogen-bond donors (Lipinski definition) is 1. The van der Waals surface area contributed by atoms with Crippen LogP contribution in [0.15, 0.2) is 73.1 Å². The van der Waals surface area contributed by atoms with Crippen molar-refractivity contribution in [1.82, 2.24) is 15.0 Å². The minimum Gasteiger partial charge on any atom is -0.450 e. The third-order valence-electron chi connectivity index (χ3n) is 6.56. The summed E-state index contributed by atoms with van der Waals surface area (Å²) >= 11 is 0. The Morgan fingerprint density at radius 1 is 0.970 bits per heavy atom. The van der Waals surface area contributed by atoms with Crippen LogP contribution in [0.5, 0.6) is 0 Å². The van der Waals surface area contributed by atoms with E-state index in [0.29, 0.717) is 31.5 Å². The molecule has 4 aromatic rings. The van der Waals surface area contributed by atoms with E-state index < -0.39 is 5.60 Å². The second-order valence-corrected chi connectivity index (χ2v) is 8.45. The molecule has 33 heavy (non-hydrogen) atoms. The number of fused-ring (bicyclic) bond motifs is 2. The molecule has 1 fully saturated rings. The Morgan fingerprint density at radius 3 is 2.52 bits per heavy atom. The van der Waals surface area contributed by atoms with Gasteiger partial charge in [0.15, 0.2) is 0 Å². The number of aromatic amines is 1. The smallest absolute Gasteiger partial charge is 0.339 e. The Bertz CT molecular complexity index is 1330. The Hall–Kier alpha value is -4.00. The van der Waals surface area contributed by atoms with Crippen molar-refractivity contribution in [3.63, 3.8) is 0 Å². The van der Waals surface area contributed by atoms with Crippen LogP contribution in [-0.2, 0) is 10.3 Å². The highest BCUT2D eigenvalue weighted by Gasteiger charge is 2.47. The number of piperidine rings is 1. The topological polar surface area (TPSA) is 71.1 Å². The second kappa shape index (κ2) is 7.55. The number of carbonyl (C=O) groups excluding carboxylic acids is 1. The lowest BCUT2D eigenvalue weighted by molar-refractivity contribution is -0.0211. The average molecular weight is 440 g/mol. The molecule has 0 bridgehead atoms. The summed E-state index contributed by atoms with van der Waals surface area (Å²) in [5, 5.41) is 0. The summed E-state index contributed by atoms with van der Waals surface area (Å²) in [5.41, 5.74) is 4.40. The molecule has 0 aliphatic carbocycles. The summed E-state index contributed by atoms with van der Waals surface area (Å²) in [7, 11) is 0. The zero-order valence-electron chi connectivity index (χ0n) is 17.8. The van der Waals surface area contributed by atoms with Crippen LogP contribution in [0.2, 0.25) is 0 Å². The van der Waals surface area contributed by atoms with E-state index in [4.69, 9.17) is 9.72 Å². The molecule has 2 aromatic carbocycles. The van der Waals surface area contributed by atoms with E-state index in [1.54, 1.807) is 24.5 Å². The van der Waals surface area contributed by atoms with E-state index in [2.05, 4.69) is 14.9 Å². The van der Waals surface area contributed by atoms with Crippen molar-refractivity contribution >= 4 is 11.9 Å². The molecule has 4 heterocycles. The monoisotopic (exact) mass is 440 g/mol. The van der Waals surface area contributed by atoms with Gasteiger partial charge in [-0.25, -0.2) is 14.2 Å². The molecular weight excluding hydrogens is 419 g/mol. The number of H-pyrrole nitrogens is 1. The highest BCUT2D eigenvalue weighted by Crippen LogP contribution is 2.44. The molecule has 0 radical (unpaired) electrons. The number of halogens is 1. The number of nitrogens with one attached hydrogen (secondary N) is 1. The molecule has 7 heteroatoms. The maximum Gasteiger partial charge on any atom is 0.339 e. The van der Waals surface area contributed by atoms with Gasteiger partial charge < -0.3 is 14.6 Å². The van der Waals surface area contributed by atoms with Crippen molar-refractivity contribution in [2.75, 3.05) is 18.0 Å². The number of rotatable bonds is 3. The number of nitrogens with zero attached hydrogens (tertiary/aromatic N) is 3. The first kappa shape index (κ1) is 19.7. The first-order valence-electron chi connectivity index (χ1n) is 11.0. The lowest BCUT2D eigenvalue weighted by Crippen LogP contribution is -2.43. The Balaban J connectivity index is 1.33. The van der Waals surface area contributed by atoms with Crippen LogP contribution >= 0.6 is 0 Å². The highest BCUT2D eigenvalue weighted by atomic mass is 19.1. The van der Waals surface area contributed by atoms with Gasteiger partial charge in [-0.2, -0.15) is 0 Å². The van der Waals surface area contributed by atoms with E-state index in [0.717, 1.165) is 34.0 Å². The molecule has 2 aliphatic heterocycles. The van der Waals surface area contributed by atoms with Crippen molar-refractivity contribution in [3.05, 3.63) is 90.0 Å². The molecule has 0 amide bonds. The van der Waals surface area contributed by atoms with Crippen LogP contribution in [0.4, 0.5) is 10.3 Å². The van der Waals surface area contributed by atoms with Gasteiger partial charge in [0, 0.05) is 55.0 Å². The highest BCUT2D eigenvalue weighted by molar-refractivity contribution is 5.94. The van der Waals surface area contributed by atoms with E-state index in [1.165, 1.54) is 12.1 Å². The quantitative estimate of drug-likeness (QED) is 0.457. The number of carbonyl (C=O) groups is 1. The second-order valence-electron chi connectivity index (χ2n) is 8.45. The zero-order chi connectivity index (χ0) is 22.4. The number of anilines is 1. The fourth-order valence-corrected chi connectivity index (χ4v) is 4.84. The SMILES string of the molecule is O=C1OC2(CCN(c3nc(-c4ccc(F)cc4)c(-c4cccnc4)[nH]3)CC2)c2ccccc21. The third-order valence-corrected chi connectivity index (χ3v) is 6.56. The van der Waals surface area contributed by atoms with Gasteiger partial charge in [0.25, 0.3) is 0 Å². The normalized spacial score (nSPS) is 16.6. The van der Waals surface area contributed by atoms with Gasteiger partial charge in [-0.3, -0.25) is 4.98 Å². The van der Waals surface area contributed by atoms with Gasteiger partial charge in [0.2, 0.25) is 5.95 Å². The lowest BCUT2D eigenvalue weighted by Gasteiger charge is -2.38. The summed E-state index contributed by atoms with van der Waals surface area (Å²) < 4.78 is 19.4. The summed E-state index contributed by atoms with van der Waals surface area (Å²) in [5.74, 6) is 0.209. The van der Waals surface area contributed by atoms with Crippen molar-refractivity contribution in [1.29, 1.82) is 0 Å². The van der Waals surface area contributed by atoms with Crippen molar-refractivity contribution < 1.29 is 13.9 Å². The summed E-state index contributed by atoms with van der Waals surface area (Å²) in [6.45, 7) is 1.37. The summed E-state index contributed by atoms with van der Waals surface area (Å²) in [6.07, 6.45) is 4.88. The van der Waals surface area contributed by atoms with Crippen LogP contribution < -0.4 is 4.90 Å². The molecule has 1 saturated heterocycles. The number of aromatic nitrogens is 3. The molecule has 0 saturated carbocycles. The maximum absolute atomic E-state index is 13.5. The summed E-state index contributed by atoms with van der Waals surface area (Å²) in [4.78, 5) is 27.2. The number of benzene rings is 2. The molecular formula is C26H21FN4O2.